The summed E-state index contributed by atoms with van der Waals surface area (Å²) < 4.78 is 0. The summed E-state index contributed by atoms with van der Waals surface area (Å²) in [6.45, 7) is 2.54. The minimum absolute atomic E-state index is 0.0772. The van der Waals surface area contributed by atoms with Gasteiger partial charge < -0.3 is 15.3 Å². The third kappa shape index (κ3) is 4.55. The molecule has 1 saturated heterocycles. The van der Waals surface area contributed by atoms with Crippen molar-refractivity contribution in [1.82, 2.24) is 5.32 Å². The van der Waals surface area contributed by atoms with Crippen LogP contribution in [0.5, 0.6) is 0 Å². The molecule has 1 aliphatic heterocycles. The molecule has 6 nitrogen and oxygen atoms in total. The number of hydrogen-bond donors (Lipinski definition) is 2. The lowest BCUT2D eigenvalue weighted by molar-refractivity contribution is -0.137. The van der Waals surface area contributed by atoms with E-state index < -0.39 is 11.9 Å². The van der Waals surface area contributed by atoms with Gasteiger partial charge in [-0.25, -0.2) is 0 Å². The Bertz CT molecular complexity index is 583. The van der Waals surface area contributed by atoms with Gasteiger partial charge in [-0.2, -0.15) is 0 Å². The van der Waals surface area contributed by atoms with E-state index in [1.165, 1.54) is 5.56 Å². The van der Waals surface area contributed by atoms with E-state index >= 15 is 0 Å². The van der Waals surface area contributed by atoms with Gasteiger partial charge in [0.25, 0.3) is 0 Å². The monoisotopic (exact) mass is 318 g/mol. The Morgan fingerprint density at radius 1 is 1.30 bits per heavy atom. The molecule has 1 heterocycles. The fourth-order valence-electron chi connectivity index (χ4n) is 2.70. The lowest BCUT2D eigenvalue weighted by atomic mass is 10.1. The van der Waals surface area contributed by atoms with Crippen LogP contribution in [0.1, 0.15) is 31.7 Å². The van der Waals surface area contributed by atoms with Crippen LogP contribution in [-0.4, -0.2) is 36.0 Å². The van der Waals surface area contributed by atoms with E-state index in [1.54, 1.807) is 4.90 Å². The highest BCUT2D eigenvalue weighted by Crippen LogP contribution is 2.25. The molecule has 1 atom stereocenters. The van der Waals surface area contributed by atoms with Gasteiger partial charge in [0.2, 0.25) is 11.8 Å². The number of rotatable bonds is 7. The predicted octanol–water partition coefficient (Wildman–Crippen LogP) is 1.58. The van der Waals surface area contributed by atoms with Gasteiger partial charge in [-0.1, -0.05) is 25.5 Å². The number of benzene rings is 1. The molecule has 0 bridgehead atoms. The first-order chi connectivity index (χ1) is 11.0. The van der Waals surface area contributed by atoms with E-state index in [0.29, 0.717) is 6.54 Å². The molecule has 2 N–H and O–H groups in total. The highest BCUT2D eigenvalue weighted by Gasteiger charge is 2.34. The van der Waals surface area contributed by atoms with Gasteiger partial charge in [-0.05, 0) is 24.1 Å². The van der Waals surface area contributed by atoms with Crippen LogP contribution in [0.2, 0.25) is 0 Å². The van der Waals surface area contributed by atoms with Crippen LogP contribution >= 0.6 is 0 Å². The maximum absolute atomic E-state index is 12.1. The molecule has 1 aromatic carbocycles. The van der Waals surface area contributed by atoms with Gasteiger partial charge in [0.1, 0.15) is 0 Å². The number of aliphatic carboxylic acids is 1. The van der Waals surface area contributed by atoms with Gasteiger partial charge in [-0.3, -0.25) is 14.4 Å². The van der Waals surface area contributed by atoms with Gasteiger partial charge in [0.15, 0.2) is 0 Å². The fourth-order valence-corrected chi connectivity index (χ4v) is 2.70. The second kappa shape index (κ2) is 7.76. The molecule has 2 rings (SSSR count). The Morgan fingerprint density at radius 3 is 2.61 bits per heavy atom. The minimum atomic E-state index is -0.957. The minimum Gasteiger partial charge on any atom is -0.481 e. The Morgan fingerprint density at radius 2 is 2.00 bits per heavy atom. The van der Waals surface area contributed by atoms with E-state index in [-0.39, 0.29) is 31.2 Å². The van der Waals surface area contributed by atoms with Crippen molar-refractivity contribution < 1.29 is 19.5 Å². The van der Waals surface area contributed by atoms with Crippen molar-refractivity contribution in [2.45, 2.75) is 32.6 Å². The van der Waals surface area contributed by atoms with Crippen molar-refractivity contribution in [1.29, 1.82) is 0 Å². The summed E-state index contributed by atoms with van der Waals surface area (Å²) in [5.74, 6) is -1.72. The van der Waals surface area contributed by atoms with Crippen molar-refractivity contribution in [3.8, 4) is 0 Å². The average molecular weight is 318 g/mol. The number of aryl methyl sites for hydroxylation is 1. The number of carboxylic acids is 1. The lowest BCUT2D eigenvalue weighted by Crippen LogP contribution is -2.34. The Hall–Kier alpha value is -2.37. The normalized spacial score (nSPS) is 17.3. The Balaban J connectivity index is 1.93. The summed E-state index contributed by atoms with van der Waals surface area (Å²) >= 11 is 0. The first-order valence-corrected chi connectivity index (χ1v) is 7.90. The molecule has 2 amide bonds. The molecule has 0 radical (unpaired) electrons. The number of hydrogen-bond acceptors (Lipinski definition) is 3. The van der Waals surface area contributed by atoms with Crippen molar-refractivity contribution in [2.24, 2.45) is 5.92 Å². The van der Waals surface area contributed by atoms with Crippen LogP contribution in [-0.2, 0) is 20.8 Å². The number of amides is 2. The predicted molar refractivity (Wildman–Crippen MR) is 86.2 cm³/mol. The van der Waals surface area contributed by atoms with Crippen molar-refractivity contribution >= 4 is 23.5 Å². The summed E-state index contributed by atoms with van der Waals surface area (Å²) in [7, 11) is 0. The second-order valence-corrected chi connectivity index (χ2v) is 5.76. The molecule has 1 aliphatic rings. The van der Waals surface area contributed by atoms with Crippen LogP contribution in [0.3, 0.4) is 0 Å². The zero-order chi connectivity index (χ0) is 16.8. The van der Waals surface area contributed by atoms with Crippen LogP contribution in [0.4, 0.5) is 5.69 Å². The van der Waals surface area contributed by atoms with E-state index in [4.69, 9.17) is 5.11 Å². The molecule has 1 fully saturated rings. The molecule has 1 aromatic rings. The maximum atomic E-state index is 12.1. The number of anilines is 1. The van der Waals surface area contributed by atoms with Crippen LogP contribution < -0.4 is 10.2 Å². The third-order valence-corrected chi connectivity index (χ3v) is 3.92. The quantitative estimate of drug-likeness (QED) is 0.799. The molecule has 0 spiro atoms. The topological polar surface area (TPSA) is 86.7 Å². The van der Waals surface area contributed by atoms with Crippen molar-refractivity contribution in [3.05, 3.63) is 29.8 Å². The summed E-state index contributed by atoms with van der Waals surface area (Å²) in [6.07, 6.45) is 2.12. The SMILES string of the molecule is CCCc1ccc(N2CC(C(=O)NCCC(=O)O)CC2=O)cc1. The molecule has 1 unspecified atom stereocenters. The first-order valence-electron chi connectivity index (χ1n) is 7.90. The van der Waals surface area contributed by atoms with E-state index in [9.17, 15) is 14.4 Å². The summed E-state index contributed by atoms with van der Waals surface area (Å²) in [5.41, 5.74) is 2.03. The zero-order valence-corrected chi connectivity index (χ0v) is 13.2. The summed E-state index contributed by atoms with van der Waals surface area (Å²) in [5, 5.41) is 11.1. The van der Waals surface area contributed by atoms with Crippen LogP contribution in [0.25, 0.3) is 0 Å². The van der Waals surface area contributed by atoms with E-state index in [2.05, 4.69) is 12.2 Å². The van der Waals surface area contributed by atoms with Crippen LogP contribution in [0, 0.1) is 5.92 Å². The smallest absolute Gasteiger partial charge is 0.305 e. The number of carbonyl (C=O) groups excluding carboxylic acids is 2. The van der Waals surface area contributed by atoms with Gasteiger partial charge in [-0.15, -0.1) is 0 Å². The number of nitrogens with one attached hydrogen (secondary N) is 1. The van der Waals surface area contributed by atoms with Gasteiger partial charge in [0.05, 0.1) is 12.3 Å². The average Bonchev–Trinajstić information content (AvgIpc) is 2.90. The van der Waals surface area contributed by atoms with Crippen LogP contribution in [0.15, 0.2) is 24.3 Å². The largest absolute Gasteiger partial charge is 0.481 e. The van der Waals surface area contributed by atoms with E-state index in [1.807, 2.05) is 24.3 Å². The summed E-state index contributed by atoms with van der Waals surface area (Å²) in [4.78, 5) is 36.2. The van der Waals surface area contributed by atoms with E-state index in [0.717, 1.165) is 18.5 Å². The number of carboxylic acid groups (broad SMARTS) is 1. The number of nitrogens with zero attached hydrogens (tertiary/aromatic N) is 1. The third-order valence-electron chi connectivity index (χ3n) is 3.92. The second-order valence-electron chi connectivity index (χ2n) is 5.76. The Labute approximate surface area is 135 Å². The maximum Gasteiger partial charge on any atom is 0.305 e. The molecular formula is C17H22N2O4. The lowest BCUT2D eigenvalue weighted by Gasteiger charge is -2.17. The van der Waals surface area contributed by atoms with Crippen molar-refractivity contribution in [2.75, 3.05) is 18.0 Å². The zero-order valence-electron chi connectivity index (χ0n) is 13.2. The van der Waals surface area contributed by atoms with Gasteiger partial charge >= 0.3 is 5.97 Å². The van der Waals surface area contributed by atoms with Gasteiger partial charge in [0, 0.05) is 25.2 Å². The highest BCUT2D eigenvalue weighted by atomic mass is 16.4. The molecule has 0 aliphatic carbocycles. The molecule has 124 valence electrons. The first kappa shape index (κ1) is 17.0. The molecule has 23 heavy (non-hydrogen) atoms. The molecule has 6 heteroatoms. The van der Waals surface area contributed by atoms with Crippen molar-refractivity contribution in [3.63, 3.8) is 0 Å². The molecular weight excluding hydrogens is 296 g/mol. The molecule has 0 aromatic heterocycles. The molecule has 0 saturated carbocycles. The Kier molecular flexibility index (Phi) is 5.73. The fraction of sp³-hybridized carbons (Fsp3) is 0.471. The summed E-state index contributed by atoms with van der Waals surface area (Å²) in [6, 6.07) is 7.83. The number of carbonyl (C=O) groups is 3. The standard InChI is InChI=1S/C17H22N2O4/c1-2-3-12-4-6-14(7-5-12)19-11-13(10-15(19)20)17(23)18-9-8-16(21)22/h4-7,13H,2-3,8-11H2,1H3,(H,18,23)(H,21,22). The highest BCUT2D eigenvalue weighted by molar-refractivity contribution is 6.00.